The number of carbonyl (C=O) groups excluding carboxylic acids is 3. The van der Waals surface area contributed by atoms with E-state index >= 15 is 0 Å². The Morgan fingerprint density at radius 1 is 0.878 bits per heavy atom. The summed E-state index contributed by atoms with van der Waals surface area (Å²) in [4.78, 5) is 40.9. The maximum absolute atomic E-state index is 13.8. The minimum atomic E-state index is -3.07. The van der Waals surface area contributed by atoms with Crippen LogP contribution in [0, 0.1) is 23.7 Å². The number of phenolic OH excluding ortho intramolecular Hbond substituents is 1. The fourth-order valence-corrected chi connectivity index (χ4v) is 13.3. The summed E-state index contributed by atoms with van der Waals surface area (Å²) in [6.45, 7) is 6.55. The topological polar surface area (TPSA) is 123 Å². The number of amides is 3. The van der Waals surface area contributed by atoms with Crippen molar-refractivity contribution in [1.29, 1.82) is 0 Å². The van der Waals surface area contributed by atoms with Crippen molar-refractivity contribution in [2.75, 3.05) is 13.7 Å². The van der Waals surface area contributed by atoms with Gasteiger partial charge in [-0.15, -0.1) is 0 Å². The predicted molar refractivity (Wildman–Crippen MR) is 185 cm³/mol. The molecule has 3 amide bonds. The molecule has 0 bridgehead atoms. The normalized spacial score (nSPS) is 26.9. The predicted octanol–water partition coefficient (Wildman–Crippen LogP) is 5.28. The largest absolute Gasteiger partial charge is 0.507 e. The van der Waals surface area contributed by atoms with E-state index in [4.69, 9.17) is 13.9 Å². The number of hydrogen-bond acceptors (Lipinski definition) is 8. The lowest BCUT2D eigenvalue weighted by molar-refractivity contribution is -0.273. The van der Waals surface area contributed by atoms with Gasteiger partial charge in [0.05, 0.1) is 25.0 Å². The lowest BCUT2D eigenvalue weighted by atomic mass is 9.64. The molecule has 4 aromatic rings. The van der Waals surface area contributed by atoms with Gasteiger partial charge in [0.2, 0.25) is 11.8 Å². The second kappa shape index (κ2) is 12.2. The Labute approximate surface area is 286 Å². The molecule has 2 heterocycles. The average molecular weight is 680 g/mol. The number of nitrogens with zero attached hydrogens (tertiary/aromatic N) is 1. The number of rotatable bonds is 6. The Morgan fingerprint density at radius 2 is 1.47 bits per heavy atom. The lowest BCUT2D eigenvalue weighted by Crippen LogP contribution is -2.67. The molecule has 10 heteroatoms. The van der Waals surface area contributed by atoms with Crippen LogP contribution >= 0.6 is 0 Å². The van der Waals surface area contributed by atoms with Gasteiger partial charge in [-0.2, -0.15) is 4.90 Å². The third-order valence-electron chi connectivity index (χ3n) is 10.9. The van der Waals surface area contributed by atoms with E-state index in [1.807, 2.05) is 60.7 Å². The fraction of sp³-hybridized carbons (Fsp3) is 0.359. The fourth-order valence-electron chi connectivity index (χ4n) is 8.71. The van der Waals surface area contributed by atoms with Gasteiger partial charge < -0.3 is 24.1 Å². The van der Waals surface area contributed by atoms with Gasteiger partial charge in [-0.3, -0.25) is 9.59 Å². The van der Waals surface area contributed by atoms with E-state index in [1.165, 1.54) is 0 Å². The van der Waals surface area contributed by atoms with Crippen molar-refractivity contribution in [3.63, 3.8) is 0 Å². The zero-order valence-electron chi connectivity index (χ0n) is 28.0. The van der Waals surface area contributed by atoms with Gasteiger partial charge in [0.25, 0.3) is 8.32 Å². The number of aliphatic hydroxyl groups is 1. The van der Waals surface area contributed by atoms with Crippen LogP contribution < -0.4 is 10.4 Å². The molecule has 1 aliphatic carbocycles. The molecule has 0 radical (unpaired) electrons. The summed E-state index contributed by atoms with van der Waals surface area (Å²) < 4.78 is 18.8. The Morgan fingerprint density at radius 3 is 2.06 bits per heavy atom. The van der Waals surface area contributed by atoms with E-state index in [0.29, 0.717) is 10.3 Å². The number of phenols is 1. The molecular formula is C39H41NO8Si. The highest BCUT2D eigenvalue weighted by atomic mass is 28.4. The Kier molecular flexibility index (Phi) is 8.26. The second-order valence-corrected chi connectivity index (χ2v) is 18.7. The van der Waals surface area contributed by atoms with Crippen LogP contribution in [0.5, 0.6) is 5.75 Å². The molecule has 0 unspecified atom stereocenters. The van der Waals surface area contributed by atoms with E-state index in [1.54, 1.807) is 12.1 Å². The third-order valence-corrected chi connectivity index (χ3v) is 15.9. The quantitative estimate of drug-likeness (QED) is 0.209. The van der Waals surface area contributed by atoms with E-state index in [9.17, 15) is 24.6 Å². The van der Waals surface area contributed by atoms with E-state index < -0.39 is 61.8 Å². The summed E-state index contributed by atoms with van der Waals surface area (Å²) >= 11 is 0. The summed E-state index contributed by atoms with van der Waals surface area (Å²) in [5.74, 6) is -6.42. The molecular weight excluding hydrogens is 639 g/mol. The Bertz CT molecular complexity index is 1870. The van der Waals surface area contributed by atoms with Crippen LogP contribution in [-0.4, -0.2) is 60.8 Å². The highest BCUT2D eigenvalue weighted by Crippen LogP contribution is 2.59. The Balaban J connectivity index is 1.33. The molecule has 0 spiro atoms. The number of hydrogen-bond donors (Lipinski definition) is 2. The molecule has 3 aliphatic rings. The summed E-state index contributed by atoms with van der Waals surface area (Å²) in [5.41, 5.74) is 0.751. The maximum Gasteiger partial charge on any atom is 0.423 e. The first kappa shape index (κ1) is 33.2. The summed E-state index contributed by atoms with van der Waals surface area (Å²) in [6, 6.07) is 31.1. The monoisotopic (exact) mass is 679 g/mol. The first-order chi connectivity index (χ1) is 23.4. The van der Waals surface area contributed by atoms with Crippen molar-refractivity contribution >= 4 is 47.4 Å². The zero-order chi connectivity index (χ0) is 34.7. The van der Waals surface area contributed by atoms with Crippen LogP contribution in [0.3, 0.4) is 0 Å². The molecule has 7 rings (SSSR count). The van der Waals surface area contributed by atoms with Gasteiger partial charge >= 0.3 is 6.09 Å². The number of carbonyl (C=O) groups is 3. The average Bonchev–Trinajstić information content (AvgIpc) is 3.58. The standard InChI is InChI=1S/C39H41NO8Si/c1-38(2,3)49(25-13-7-5-8-14-25,26-15-9-6-10-16-26)47-23-24-21-30-34(36(43)40(35(30)42)37(44)46-4)31-22-33(48-39(24,31)45)29-19-20-32(41)28-18-12-11-17-27(28)29/h5-20,24,30-31,33-34,41,45H,21-23H2,1-4H3/t24-,30+,31+,33+,34+,39-/m1/s1. The number of methoxy groups -OCH3 is 1. The molecule has 4 aromatic carbocycles. The smallest absolute Gasteiger partial charge is 0.423 e. The number of likely N-dealkylation sites (tertiary alicyclic amines) is 1. The molecule has 2 saturated heterocycles. The molecule has 2 N–H and O–H groups in total. The zero-order valence-corrected chi connectivity index (χ0v) is 29.0. The second-order valence-electron chi connectivity index (χ2n) is 14.4. The molecule has 254 valence electrons. The van der Waals surface area contributed by atoms with E-state index in [0.717, 1.165) is 28.4 Å². The number of ether oxygens (including phenoxy) is 2. The highest BCUT2D eigenvalue weighted by Gasteiger charge is 2.68. The van der Waals surface area contributed by atoms with Crippen LogP contribution in [-0.2, 0) is 23.5 Å². The van der Waals surface area contributed by atoms with Crippen LogP contribution in [0.15, 0.2) is 97.1 Å². The molecule has 1 saturated carbocycles. The number of benzene rings is 4. The molecule has 0 aromatic heterocycles. The molecule has 9 nitrogen and oxygen atoms in total. The molecule has 6 atom stereocenters. The number of fused-ring (bicyclic) bond motifs is 4. The number of aromatic hydroxyl groups is 1. The maximum atomic E-state index is 13.8. The minimum absolute atomic E-state index is 0.0479. The lowest BCUT2D eigenvalue weighted by Gasteiger charge is -2.48. The van der Waals surface area contributed by atoms with E-state index in [-0.39, 0.29) is 30.2 Å². The summed E-state index contributed by atoms with van der Waals surface area (Å²) in [5, 5.41) is 26.5. The SMILES string of the molecule is COC(=O)N1C(=O)[C@H]2[C@H](C[C@H](CO[Si](c3ccccc3)(c3ccccc3)C(C)(C)C)[C@@]3(O)O[C@H](c4ccc(O)c5ccccc45)C[C@@H]23)C1=O. The van der Waals surface area contributed by atoms with Crippen LogP contribution in [0.2, 0.25) is 5.04 Å². The van der Waals surface area contributed by atoms with Gasteiger partial charge in [0.1, 0.15) is 5.75 Å². The summed E-state index contributed by atoms with van der Waals surface area (Å²) in [6.07, 6.45) is -1.40. The van der Waals surface area contributed by atoms with E-state index in [2.05, 4.69) is 45.0 Å². The minimum Gasteiger partial charge on any atom is -0.507 e. The summed E-state index contributed by atoms with van der Waals surface area (Å²) in [7, 11) is -1.93. The van der Waals surface area contributed by atoms with Crippen molar-refractivity contribution in [2.24, 2.45) is 23.7 Å². The van der Waals surface area contributed by atoms with Crippen LogP contribution in [0.25, 0.3) is 10.8 Å². The van der Waals surface area contributed by atoms with Gasteiger partial charge in [-0.05, 0) is 45.3 Å². The van der Waals surface area contributed by atoms with Crippen molar-refractivity contribution in [3.05, 3.63) is 103 Å². The Hall–Kier alpha value is -4.35. The van der Waals surface area contributed by atoms with Crippen LogP contribution in [0.4, 0.5) is 4.79 Å². The first-order valence-corrected chi connectivity index (χ1v) is 18.6. The van der Waals surface area contributed by atoms with Crippen molar-refractivity contribution in [1.82, 2.24) is 4.90 Å². The molecule has 49 heavy (non-hydrogen) atoms. The van der Waals surface area contributed by atoms with Crippen LogP contribution in [0.1, 0.15) is 45.3 Å². The van der Waals surface area contributed by atoms with Gasteiger partial charge in [-0.1, -0.05) is 112 Å². The first-order valence-electron chi connectivity index (χ1n) is 16.7. The van der Waals surface area contributed by atoms with Gasteiger partial charge in [0, 0.05) is 23.8 Å². The molecule has 2 aliphatic heterocycles. The molecule has 3 fully saturated rings. The van der Waals surface area contributed by atoms with Crippen molar-refractivity contribution < 1.29 is 38.5 Å². The van der Waals surface area contributed by atoms with Crippen molar-refractivity contribution in [2.45, 2.75) is 50.5 Å². The third kappa shape index (κ3) is 5.12. The van der Waals surface area contributed by atoms with Gasteiger partial charge in [-0.25, -0.2) is 4.79 Å². The van der Waals surface area contributed by atoms with Gasteiger partial charge in [0.15, 0.2) is 5.79 Å². The number of imide groups is 3. The highest BCUT2D eigenvalue weighted by molar-refractivity contribution is 6.99. The van der Waals surface area contributed by atoms with Crippen molar-refractivity contribution in [3.8, 4) is 5.75 Å².